The Morgan fingerprint density at radius 2 is 2.10 bits per heavy atom. The van der Waals surface area contributed by atoms with E-state index in [0.29, 0.717) is 19.5 Å². The third-order valence-corrected chi connectivity index (χ3v) is 3.41. The second-order valence-corrected chi connectivity index (χ2v) is 4.96. The molecule has 0 aromatic carbocycles. The summed E-state index contributed by atoms with van der Waals surface area (Å²) in [5.74, 6) is -1.12. The quantitative estimate of drug-likeness (QED) is 0.743. The van der Waals surface area contributed by atoms with Gasteiger partial charge in [0.2, 0.25) is 5.91 Å². The van der Waals surface area contributed by atoms with Crippen LogP contribution >= 0.6 is 0 Å². The molecule has 0 aromatic heterocycles. The molecule has 1 fully saturated rings. The minimum Gasteiger partial charge on any atom is -0.481 e. The lowest BCUT2D eigenvalue weighted by molar-refractivity contribution is -0.138. The van der Waals surface area contributed by atoms with Crippen molar-refractivity contribution < 1.29 is 19.5 Å². The van der Waals surface area contributed by atoms with Gasteiger partial charge in [-0.3, -0.25) is 9.59 Å². The Morgan fingerprint density at radius 3 is 2.65 bits per heavy atom. The molecule has 0 radical (unpaired) electrons. The molecular formula is C13H23N3O4. The average Bonchev–Trinajstić information content (AvgIpc) is 2.84. The molecule has 114 valence electrons. The van der Waals surface area contributed by atoms with E-state index in [1.807, 2.05) is 6.92 Å². The summed E-state index contributed by atoms with van der Waals surface area (Å²) in [6, 6.07) is -0.497. The van der Waals surface area contributed by atoms with Gasteiger partial charge in [0.25, 0.3) is 0 Å². The number of likely N-dealkylation sites (tertiary alicyclic amines) is 1. The lowest BCUT2D eigenvalue weighted by atomic mass is 10.1. The molecule has 1 atom stereocenters. The molecule has 0 aliphatic carbocycles. The highest BCUT2D eigenvalue weighted by Gasteiger charge is 2.33. The van der Waals surface area contributed by atoms with Crippen LogP contribution in [0.25, 0.3) is 0 Å². The van der Waals surface area contributed by atoms with Gasteiger partial charge < -0.3 is 20.2 Å². The van der Waals surface area contributed by atoms with Crippen LogP contribution in [-0.2, 0) is 9.59 Å². The summed E-state index contributed by atoms with van der Waals surface area (Å²) >= 11 is 0. The fraction of sp³-hybridized carbons (Fsp3) is 0.769. The van der Waals surface area contributed by atoms with Crippen LogP contribution < -0.4 is 5.32 Å². The standard InChI is InChI=1S/C13H23N3O4/c1-3-6-15(9-11(17)14-2)13(20)16-7-4-5-10(16)8-12(18)19/h10H,3-9H2,1-2H3,(H,14,17)(H,18,19). The van der Waals surface area contributed by atoms with E-state index in [1.165, 1.54) is 11.9 Å². The predicted molar refractivity (Wildman–Crippen MR) is 73.3 cm³/mol. The van der Waals surface area contributed by atoms with Gasteiger partial charge in [0.05, 0.1) is 6.42 Å². The van der Waals surface area contributed by atoms with E-state index in [4.69, 9.17) is 5.11 Å². The number of carboxylic acid groups (broad SMARTS) is 1. The van der Waals surface area contributed by atoms with Crippen molar-refractivity contribution in [2.24, 2.45) is 0 Å². The molecule has 0 saturated carbocycles. The number of aliphatic carboxylic acids is 1. The summed E-state index contributed by atoms with van der Waals surface area (Å²) in [4.78, 5) is 37.8. The number of carbonyl (C=O) groups is 3. The van der Waals surface area contributed by atoms with Gasteiger partial charge in [-0.15, -0.1) is 0 Å². The van der Waals surface area contributed by atoms with Gasteiger partial charge in [-0.05, 0) is 19.3 Å². The highest BCUT2D eigenvalue weighted by atomic mass is 16.4. The number of nitrogens with zero attached hydrogens (tertiary/aromatic N) is 2. The van der Waals surface area contributed by atoms with Crippen LogP contribution in [-0.4, -0.2) is 65.5 Å². The van der Waals surface area contributed by atoms with E-state index < -0.39 is 5.97 Å². The summed E-state index contributed by atoms with van der Waals surface area (Å²) in [6.07, 6.45) is 2.23. The zero-order valence-corrected chi connectivity index (χ0v) is 12.1. The maximum atomic E-state index is 12.5. The minimum atomic E-state index is -0.900. The van der Waals surface area contributed by atoms with Crippen molar-refractivity contribution in [1.29, 1.82) is 0 Å². The number of urea groups is 1. The van der Waals surface area contributed by atoms with E-state index in [9.17, 15) is 14.4 Å². The summed E-state index contributed by atoms with van der Waals surface area (Å²) in [5.41, 5.74) is 0. The predicted octanol–water partition coefficient (Wildman–Crippen LogP) is 0.504. The third-order valence-electron chi connectivity index (χ3n) is 3.41. The molecule has 7 nitrogen and oxygen atoms in total. The van der Waals surface area contributed by atoms with Gasteiger partial charge in [-0.1, -0.05) is 6.92 Å². The SMILES string of the molecule is CCCN(CC(=O)NC)C(=O)N1CCCC1CC(=O)O. The largest absolute Gasteiger partial charge is 0.481 e. The number of carboxylic acids is 1. The number of rotatable bonds is 6. The normalized spacial score (nSPS) is 17.9. The van der Waals surface area contributed by atoms with Crippen molar-refractivity contribution in [2.45, 2.75) is 38.6 Å². The molecule has 1 saturated heterocycles. The first-order valence-electron chi connectivity index (χ1n) is 6.97. The number of hydrogen-bond donors (Lipinski definition) is 2. The molecule has 3 amide bonds. The Morgan fingerprint density at radius 1 is 1.40 bits per heavy atom. The van der Waals surface area contributed by atoms with E-state index in [1.54, 1.807) is 4.90 Å². The molecule has 1 aliphatic rings. The molecule has 1 rings (SSSR count). The fourth-order valence-corrected chi connectivity index (χ4v) is 2.45. The van der Waals surface area contributed by atoms with Crippen LogP contribution in [0, 0.1) is 0 Å². The maximum absolute atomic E-state index is 12.5. The third kappa shape index (κ3) is 4.40. The molecule has 0 spiro atoms. The summed E-state index contributed by atoms with van der Waals surface area (Å²) < 4.78 is 0. The van der Waals surface area contributed by atoms with Crippen LogP contribution in [0.15, 0.2) is 0 Å². The topological polar surface area (TPSA) is 90.0 Å². The van der Waals surface area contributed by atoms with Gasteiger partial charge in [-0.25, -0.2) is 4.79 Å². The Kier molecular flexibility index (Phi) is 6.27. The Balaban J connectivity index is 2.71. The average molecular weight is 285 g/mol. The van der Waals surface area contributed by atoms with Crippen LogP contribution in [0.5, 0.6) is 0 Å². The lowest BCUT2D eigenvalue weighted by Gasteiger charge is -2.30. The molecule has 20 heavy (non-hydrogen) atoms. The van der Waals surface area contributed by atoms with Gasteiger partial charge in [0, 0.05) is 26.2 Å². The van der Waals surface area contributed by atoms with Crippen LogP contribution in [0.3, 0.4) is 0 Å². The van der Waals surface area contributed by atoms with Crippen molar-refractivity contribution in [1.82, 2.24) is 15.1 Å². The van der Waals surface area contributed by atoms with Gasteiger partial charge in [0.15, 0.2) is 0 Å². The number of nitrogens with one attached hydrogen (secondary N) is 1. The number of amides is 3. The first kappa shape index (κ1) is 16.3. The number of carbonyl (C=O) groups excluding carboxylic acids is 2. The zero-order valence-electron chi connectivity index (χ0n) is 12.1. The molecule has 1 unspecified atom stereocenters. The molecular weight excluding hydrogens is 262 g/mol. The van der Waals surface area contributed by atoms with Gasteiger partial charge in [-0.2, -0.15) is 0 Å². The minimum absolute atomic E-state index is 0.0134. The van der Waals surface area contributed by atoms with E-state index in [-0.39, 0.29) is 30.9 Å². The summed E-state index contributed by atoms with van der Waals surface area (Å²) in [7, 11) is 1.53. The number of hydrogen-bond acceptors (Lipinski definition) is 3. The highest BCUT2D eigenvalue weighted by molar-refractivity contribution is 5.84. The first-order chi connectivity index (χ1) is 9.49. The molecule has 1 aliphatic heterocycles. The monoisotopic (exact) mass is 285 g/mol. The Hall–Kier alpha value is -1.79. The van der Waals surface area contributed by atoms with Crippen molar-refractivity contribution in [2.75, 3.05) is 26.7 Å². The van der Waals surface area contributed by atoms with E-state index in [2.05, 4.69) is 5.32 Å². The molecule has 0 bridgehead atoms. The maximum Gasteiger partial charge on any atom is 0.320 e. The smallest absolute Gasteiger partial charge is 0.320 e. The Labute approximate surface area is 118 Å². The van der Waals surface area contributed by atoms with Crippen molar-refractivity contribution in [3.05, 3.63) is 0 Å². The first-order valence-corrected chi connectivity index (χ1v) is 6.97. The molecule has 1 heterocycles. The second kappa shape index (κ2) is 7.72. The van der Waals surface area contributed by atoms with Crippen LogP contribution in [0.2, 0.25) is 0 Å². The molecule has 2 N–H and O–H groups in total. The summed E-state index contributed by atoms with van der Waals surface area (Å²) in [5, 5.41) is 11.4. The van der Waals surface area contributed by atoms with Gasteiger partial charge in [0.1, 0.15) is 6.54 Å². The molecule has 7 heteroatoms. The second-order valence-electron chi connectivity index (χ2n) is 4.96. The summed E-state index contributed by atoms with van der Waals surface area (Å²) in [6.45, 7) is 3.00. The Bertz CT molecular complexity index is 373. The fourth-order valence-electron chi connectivity index (χ4n) is 2.45. The molecule has 0 aromatic rings. The van der Waals surface area contributed by atoms with Crippen LogP contribution in [0.4, 0.5) is 4.79 Å². The van der Waals surface area contributed by atoms with Crippen LogP contribution in [0.1, 0.15) is 32.6 Å². The van der Waals surface area contributed by atoms with Crippen molar-refractivity contribution in [3.8, 4) is 0 Å². The van der Waals surface area contributed by atoms with E-state index in [0.717, 1.165) is 12.8 Å². The highest BCUT2D eigenvalue weighted by Crippen LogP contribution is 2.21. The van der Waals surface area contributed by atoms with Crippen molar-refractivity contribution >= 4 is 17.9 Å². The lowest BCUT2D eigenvalue weighted by Crippen LogP contribution is -2.49. The van der Waals surface area contributed by atoms with Gasteiger partial charge >= 0.3 is 12.0 Å². The number of likely N-dealkylation sites (N-methyl/N-ethyl adjacent to an activating group) is 1. The zero-order chi connectivity index (χ0) is 15.1. The van der Waals surface area contributed by atoms with Crippen molar-refractivity contribution in [3.63, 3.8) is 0 Å². The van der Waals surface area contributed by atoms with E-state index >= 15 is 0 Å².